The molecule has 5 nitrogen and oxygen atoms in total. The van der Waals surface area contributed by atoms with Crippen molar-refractivity contribution in [3.8, 4) is 0 Å². The standard InChI is InChI=1S/C17H20N4OS/c18-11-12-4-3-5-14(12)17(22)21-13-7-9-20-16(10-13)23-15-6-1-2-8-19-15/h1-2,6-10,12,14H,3-5,11,18H2,(H,20,21,22)/t12-,14-/m1/s1. The molecule has 3 rings (SSSR count). The van der Waals surface area contributed by atoms with Crippen LogP contribution >= 0.6 is 11.8 Å². The molecule has 23 heavy (non-hydrogen) atoms. The van der Waals surface area contributed by atoms with Crippen molar-refractivity contribution in [3.63, 3.8) is 0 Å². The van der Waals surface area contributed by atoms with Gasteiger partial charge in [-0.2, -0.15) is 0 Å². The summed E-state index contributed by atoms with van der Waals surface area (Å²) >= 11 is 1.47. The van der Waals surface area contributed by atoms with Crippen LogP contribution in [0.2, 0.25) is 0 Å². The Balaban J connectivity index is 1.66. The Morgan fingerprint density at radius 3 is 2.87 bits per heavy atom. The predicted molar refractivity (Wildman–Crippen MR) is 91.1 cm³/mol. The number of hydrogen-bond acceptors (Lipinski definition) is 5. The van der Waals surface area contributed by atoms with Crippen molar-refractivity contribution in [1.29, 1.82) is 0 Å². The van der Waals surface area contributed by atoms with Gasteiger partial charge in [-0.25, -0.2) is 9.97 Å². The van der Waals surface area contributed by atoms with Gasteiger partial charge < -0.3 is 11.1 Å². The molecule has 0 aromatic carbocycles. The van der Waals surface area contributed by atoms with Crippen molar-refractivity contribution in [1.82, 2.24) is 9.97 Å². The molecule has 1 aliphatic carbocycles. The van der Waals surface area contributed by atoms with Crippen molar-refractivity contribution in [2.24, 2.45) is 17.6 Å². The van der Waals surface area contributed by atoms with Crippen LogP contribution in [0.3, 0.4) is 0 Å². The van der Waals surface area contributed by atoms with Gasteiger partial charge in [0.15, 0.2) is 0 Å². The Morgan fingerprint density at radius 2 is 2.09 bits per heavy atom. The number of anilines is 1. The zero-order valence-electron chi connectivity index (χ0n) is 12.8. The lowest BCUT2D eigenvalue weighted by atomic mass is 9.95. The summed E-state index contributed by atoms with van der Waals surface area (Å²) in [6.07, 6.45) is 6.51. The molecule has 2 atom stereocenters. The van der Waals surface area contributed by atoms with E-state index in [9.17, 15) is 4.79 Å². The van der Waals surface area contributed by atoms with E-state index in [4.69, 9.17) is 5.73 Å². The van der Waals surface area contributed by atoms with Crippen LogP contribution < -0.4 is 11.1 Å². The van der Waals surface area contributed by atoms with Crippen LogP contribution in [0.5, 0.6) is 0 Å². The first kappa shape index (κ1) is 16.0. The van der Waals surface area contributed by atoms with Gasteiger partial charge in [0.1, 0.15) is 10.1 Å². The molecule has 3 N–H and O–H groups in total. The lowest BCUT2D eigenvalue weighted by molar-refractivity contribution is -0.120. The second kappa shape index (κ2) is 7.57. The molecule has 1 saturated carbocycles. The van der Waals surface area contributed by atoms with Crippen molar-refractivity contribution in [2.45, 2.75) is 29.3 Å². The summed E-state index contributed by atoms with van der Waals surface area (Å²) in [5.74, 6) is 0.400. The van der Waals surface area contributed by atoms with Crippen LogP contribution in [-0.4, -0.2) is 22.4 Å². The molecule has 1 amide bonds. The number of carbonyl (C=O) groups excluding carboxylic acids is 1. The maximum absolute atomic E-state index is 12.4. The zero-order chi connectivity index (χ0) is 16.1. The van der Waals surface area contributed by atoms with Crippen molar-refractivity contribution in [3.05, 3.63) is 42.7 Å². The number of amides is 1. The molecule has 120 valence electrons. The van der Waals surface area contributed by atoms with Gasteiger partial charge >= 0.3 is 0 Å². The van der Waals surface area contributed by atoms with Gasteiger partial charge in [-0.3, -0.25) is 4.79 Å². The Bertz CT molecular complexity index is 665. The average molecular weight is 328 g/mol. The van der Waals surface area contributed by atoms with Crippen molar-refractivity contribution < 1.29 is 4.79 Å². The number of nitrogens with two attached hydrogens (primary N) is 1. The SMILES string of the molecule is NC[C@H]1CCC[C@H]1C(=O)Nc1ccnc(Sc2ccccn2)c1. The normalized spacial score (nSPS) is 20.4. The lowest BCUT2D eigenvalue weighted by Gasteiger charge is -2.17. The van der Waals surface area contributed by atoms with Crippen LogP contribution in [-0.2, 0) is 4.79 Å². The first-order valence-electron chi connectivity index (χ1n) is 7.82. The first-order valence-corrected chi connectivity index (χ1v) is 8.64. The molecule has 2 heterocycles. The topological polar surface area (TPSA) is 80.9 Å². The first-order chi connectivity index (χ1) is 11.3. The average Bonchev–Trinajstić information content (AvgIpc) is 3.05. The molecule has 1 fully saturated rings. The highest BCUT2D eigenvalue weighted by atomic mass is 32.2. The fourth-order valence-corrected chi connectivity index (χ4v) is 3.73. The number of aromatic nitrogens is 2. The second-order valence-electron chi connectivity index (χ2n) is 5.68. The van der Waals surface area contributed by atoms with Gasteiger partial charge in [-0.05, 0) is 49.6 Å². The maximum atomic E-state index is 12.4. The molecular weight excluding hydrogens is 308 g/mol. The monoisotopic (exact) mass is 328 g/mol. The van der Waals surface area contributed by atoms with E-state index in [0.717, 1.165) is 35.0 Å². The van der Waals surface area contributed by atoms with Crippen molar-refractivity contribution >= 4 is 23.4 Å². The van der Waals surface area contributed by atoms with Crippen LogP contribution in [0.15, 0.2) is 52.8 Å². The van der Waals surface area contributed by atoms with Gasteiger partial charge in [0, 0.05) is 24.0 Å². The maximum Gasteiger partial charge on any atom is 0.227 e. The van der Waals surface area contributed by atoms with Gasteiger partial charge in [0.05, 0.1) is 0 Å². The van der Waals surface area contributed by atoms with Crippen LogP contribution in [0, 0.1) is 11.8 Å². The van der Waals surface area contributed by atoms with E-state index >= 15 is 0 Å². The van der Waals surface area contributed by atoms with Crippen molar-refractivity contribution in [2.75, 3.05) is 11.9 Å². The van der Waals surface area contributed by atoms with Gasteiger partial charge in [0.25, 0.3) is 0 Å². The molecule has 0 saturated heterocycles. The van der Waals surface area contributed by atoms with E-state index in [2.05, 4.69) is 15.3 Å². The number of nitrogens with one attached hydrogen (secondary N) is 1. The van der Waals surface area contributed by atoms with Crippen LogP contribution in [0.1, 0.15) is 19.3 Å². The Labute approximate surface area is 140 Å². The van der Waals surface area contributed by atoms with Crippen LogP contribution in [0.25, 0.3) is 0 Å². The zero-order valence-corrected chi connectivity index (χ0v) is 13.6. The summed E-state index contributed by atoms with van der Waals surface area (Å²) in [6.45, 7) is 0.579. The number of pyridine rings is 2. The molecule has 1 aliphatic rings. The van der Waals surface area contributed by atoms with E-state index < -0.39 is 0 Å². The van der Waals surface area contributed by atoms with E-state index in [-0.39, 0.29) is 11.8 Å². The van der Waals surface area contributed by atoms with Crippen LogP contribution in [0.4, 0.5) is 5.69 Å². The molecule has 2 aromatic heterocycles. The summed E-state index contributed by atoms with van der Waals surface area (Å²) in [4.78, 5) is 21.0. The third-order valence-electron chi connectivity index (χ3n) is 4.15. The third kappa shape index (κ3) is 4.09. The number of nitrogens with zero attached hydrogens (tertiary/aromatic N) is 2. The minimum Gasteiger partial charge on any atom is -0.330 e. The van der Waals surface area contributed by atoms with Gasteiger partial charge in [0.2, 0.25) is 5.91 Å². The fourth-order valence-electron chi connectivity index (χ4n) is 2.96. The Hall–Kier alpha value is -1.92. The molecule has 0 radical (unpaired) electrons. The van der Waals surface area contributed by atoms with Gasteiger partial charge in [-0.1, -0.05) is 24.2 Å². The lowest BCUT2D eigenvalue weighted by Crippen LogP contribution is -2.29. The molecule has 0 bridgehead atoms. The van der Waals surface area contributed by atoms with E-state index in [1.807, 2.05) is 30.3 Å². The van der Waals surface area contributed by atoms with Gasteiger partial charge in [-0.15, -0.1) is 0 Å². The van der Waals surface area contributed by atoms with E-state index in [0.29, 0.717) is 12.5 Å². The summed E-state index contributed by atoms with van der Waals surface area (Å²) in [5, 5.41) is 4.69. The molecule has 0 aliphatic heterocycles. The molecular formula is C17H20N4OS. The highest BCUT2D eigenvalue weighted by Gasteiger charge is 2.31. The minimum absolute atomic E-state index is 0.0278. The number of carbonyl (C=O) groups is 1. The number of rotatable bonds is 5. The molecule has 0 unspecified atom stereocenters. The summed E-state index contributed by atoms with van der Waals surface area (Å²) in [7, 11) is 0. The van der Waals surface area contributed by atoms with E-state index in [1.165, 1.54) is 11.8 Å². The molecule has 2 aromatic rings. The fraction of sp³-hybridized carbons (Fsp3) is 0.353. The smallest absolute Gasteiger partial charge is 0.227 e. The molecule has 0 spiro atoms. The third-order valence-corrected chi connectivity index (χ3v) is 5.03. The summed E-state index contributed by atoms with van der Waals surface area (Å²) in [5.41, 5.74) is 6.53. The predicted octanol–water partition coefficient (Wildman–Crippen LogP) is 2.94. The summed E-state index contributed by atoms with van der Waals surface area (Å²) in [6, 6.07) is 9.44. The minimum atomic E-state index is 0.0278. The quantitative estimate of drug-likeness (QED) is 0.882. The Kier molecular flexibility index (Phi) is 5.25. The largest absolute Gasteiger partial charge is 0.330 e. The second-order valence-corrected chi connectivity index (χ2v) is 6.72. The number of hydrogen-bond donors (Lipinski definition) is 2. The highest BCUT2D eigenvalue weighted by molar-refractivity contribution is 7.99. The van der Waals surface area contributed by atoms with E-state index in [1.54, 1.807) is 12.4 Å². The Morgan fingerprint density at radius 1 is 1.22 bits per heavy atom. The molecule has 6 heteroatoms. The summed E-state index contributed by atoms with van der Waals surface area (Å²) < 4.78 is 0. The highest BCUT2D eigenvalue weighted by Crippen LogP contribution is 2.32.